The summed E-state index contributed by atoms with van der Waals surface area (Å²) >= 11 is 0. The molecule has 1 aromatic carbocycles. The van der Waals surface area contributed by atoms with Crippen LogP contribution in [0.5, 0.6) is 0 Å². The Kier molecular flexibility index (Phi) is 5.94. The van der Waals surface area contributed by atoms with Crippen molar-refractivity contribution in [2.75, 3.05) is 25.0 Å². The highest BCUT2D eigenvalue weighted by Crippen LogP contribution is 2.26. The van der Waals surface area contributed by atoms with Crippen LogP contribution in [-0.4, -0.2) is 25.0 Å². The third-order valence-electron chi connectivity index (χ3n) is 3.08. The van der Waals surface area contributed by atoms with Crippen LogP contribution >= 0.6 is 0 Å². The summed E-state index contributed by atoms with van der Waals surface area (Å²) in [5.41, 5.74) is 3.46. The molecular weight excluding hydrogens is 232 g/mol. The van der Waals surface area contributed by atoms with Gasteiger partial charge in [0, 0.05) is 25.8 Å². The van der Waals surface area contributed by atoms with E-state index in [0.29, 0.717) is 0 Å². The van der Waals surface area contributed by atoms with Crippen LogP contribution in [0.4, 0.5) is 5.69 Å². The Morgan fingerprint density at radius 2 is 1.53 bits per heavy atom. The fraction of sp³-hybridized carbons (Fsp3) is 0.294. The Morgan fingerprint density at radius 1 is 0.947 bits per heavy atom. The minimum Gasteiger partial charge on any atom is -0.371 e. The number of hydrogen-bond acceptors (Lipinski definition) is 2. The number of nitrogens with zero attached hydrogens (tertiary/aromatic N) is 2. The molecule has 0 saturated carbocycles. The van der Waals surface area contributed by atoms with Gasteiger partial charge in [0.25, 0.3) is 0 Å². The van der Waals surface area contributed by atoms with Gasteiger partial charge in [-0.1, -0.05) is 45.2 Å². The molecule has 0 aromatic heterocycles. The summed E-state index contributed by atoms with van der Waals surface area (Å²) in [4.78, 5) is 4.49. The van der Waals surface area contributed by atoms with Crippen molar-refractivity contribution >= 4 is 5.69 Å². The van der Waals surface area contributed by atoms with Gasteiger partial charge < -0.3 is 9.80 Å². The summed E-state index contributed by atoms with van der Waals surface area (Å²) < 4.78 is 0. The summed E-state index contributed by atoms with van der Waals surface area (Å²) in [7, 11) is 2.09. The van der Waals surface area contributed by atoms with Crippen molar-refractivity contribution in [2.45, 2.75) is 13.8 Å². The van der Waals surface area contributed by atoms with Crippen molar-refractivity contribution in [3.8, 4) is 0 Å². The number of rotatable bonds is 3. The lowest BCUT2D eigenvalue weighted by molar-refractivity contribution is 0.414. The van der Waals surface area contributed by atoms with Gasteiger partial charge in [-0.05, 0) is 24.3 Å². The molecular formula is C17H24N2. The van der Waals surface area contributed by atoms with Crippen molar-refractivity contribution in [1.29, 1.82) is 0 Å². The number of hydrogen-bond donors (Lipinski definition) is 0. The van der Waals surface area contributed by atoms with Crippen LogP contribution in [0, 0.1) is 0 Å². The number of likely N-dealkylation sites (N-methyl/N-ethyl adjacent to an activating group) is 1. The molecule has 102 valence electrons. The zero-order valence-corrected chi connectivity index (χ0v) is 12.3. The highest BCUT2D eigenvalue weighted by Gasteiger charge is 2.20. The molecule has 2 nitrogen and oxygen atoms in total. The quantitative estimate of drug-likeness (QED) is 0.805. The van der Waals surface area contributed by atoms with E-state index < -0.39 is 0 Å². The molecule has 0 fully saturated rings. The summed E-state index contributed by atoms with van der Waals surface area (Å²) in [6, 6.07) is 10.4. The molecule has 2 rings (SSSR count). The van der Waals surface area contributed by atoms with E-state index >= 15 is 0 Å². The highest BCUT2D eigenvalue weighted by molar-refractivity contribution is 5.57. The van der Waals surface area contributed by atoms with Crippen molar-refractivity contribution in [2.24, 2.45) is 0 Å². The topological polar surface area (TPSA) is 6.48 Å². The van der Waals surface area contributed by atoms with Crippen LogP contribution in [0.1, 0.15) is 13.8 Å². The van der Waals surface area contributed by atoms with Crippen molar-refractivity contribution in [1.82, 2.24) is 4.90 Å². The molecule has 19 heavy (non-hydrogen) atoms. The fourth-order valence-corrected chi connectivity index (χ4v) is 2.18. The maximum Gasteiger partial charge on any atom is 0.0642 e. The first-order valence-corrected chi connectivity index (χ1v) is 6.81. The average molecular weight is 256 g/mol. The predicted molar refractivity (Wildman–Crippen MR) is 85.2 cm³/mol. The highest BCUT2D eigenvalue weighted by atomic mass is 15.2. The van der Waals surface area contributed by atoms with Gasteiger partial charge in [0.1, 0.15) is 0 Å². The minimum atomic E-state index is 0.971. The van der Waals surface area contributed by atoms with Gasteiger partial charge in [0.2, 0.25) is 0 Å². The van der Waals surface area contributed by atoms with Crippen LogP contribution in [0.3, 0.4) is 0 Å². The van der Waals surface area contributed by atoms with Crippen molar-refractivity contribution < 1.29 is 0 Å². The molecule has 1 aliphatic heterocycles. The molecule has 0 saturated heterocycles. The van der Waals surface area contributed by atoms with Gasteiger partial charge >= 0.3 is 0 Å². The maximum absolute atomic E-state index is 3.92. The van der Waals surface area contributed by atoms with E-state index in [0.717, 1.165) is 24.5 Å². The van der Waals surface area contributed by atoms with Gasteiger partial charge in [-0.2, -0.15) is 0 Å². The zero-order chi connectivity index (χ0) is 14.3. The van der Waals surface area contributed by atoms with Gasteiger partial charge in [-0.15, -0.1) is 0 Å². The second kappa shape index (κ2) is 7.47. The second-order valence-electron chi connectivity index (χ2n) is 4.09. The second-order valence-corrected chi connectivity index (χ2v) is 4.09. The number of allylic oxidation sites excluding steroid dienone is 2. The van der Waals surface area contributed by atoms with E-state index in [1.807, 2.05) is 32.1 Å². The molecule has 0 spiro atoms. The fourth-order valence-electron chi connectivity index (χ4n) is 2.18. The molecule has 0 amide bonds. The Morgan fingerprint density at radius 3 is 2.05 bits per heavy atom. The van der Waals surface area contributed by atoms with E-state index in [-0.39, 0.29) is 0 Å². The SMILES string of the molecule is C=CC1=C(C=C)N(c2ccccc2)CCN1C.CC. The van der Waals surface area contributed by atoms with Crippen molar-refractivity contribution in [3.05, 3.63) is 67.0 Å². The lowest BCUT2D eigenvalue weighted by Crippen LogP contribution is -2.39. The Hall–Kier alpha value is -1.96. The third-order valence-corrected chi connectivity index (χ3v) is 3.08. The molecule has 1 heterocycles. The molecule has 1 aromatic rings. The zero-order valence-electron chi connectivity index (χ0n) is 12.3. The average Bonchev–Trinajstić information content (AvgIpc) is 2.49. The third kappa shape index (κ3) is 3.28. The molecule has 2 heteroatoms. The largest absolute Gasteiger partial charge is 0.371 e. The van der Waals surface area contributed by atoms with Crippen LogP contribution in [0.15, 0.2) is 67.0 Å². The van der Waals surface area contributed by atoms with Crippen LogP contribution < -0.4 is 4.90 Å². The summed E-state index contributed by atoms with van der Waals surface area (Å²) in [6.45, 7) is 13.8. The monoisotopic (exact) mass is 256 g/mol. The van der Waals surface area contributed by atoms with Gasteiger partial charge in [-0.25, -0.2) is 0 Å². The van der Waals surface area contributed by atoms with Gasteiger partial charge in [0.15, 0.2) is 0 Å². The first kappa shape index (κ1) is 15.1. The molecule has 0 N–H and O–H groups in total. The maximum atomic E-state index is 3.92. The lowest BCUT2D eigenvalue weighted by Gasteiger charge is -2.37. The first-order valence-electron chi connectivity index (χ1n) is 6.81. The predicted octanol–water partition coefficient (Wildman–Crippen LogP) is 4.05. The summed E-state index contributed by atoms with van der Waals surface area (Å²) in [5.74, 6) is 0. The normalized spacial score (nSPS) is 14.7. The first-order chi connectivity index (χ1) is 9.27. The Bertz CT molecular complexity index is 446. The summed E-state index contributed by atoms with van der Waals surface area (Å²) in [5, 5.41) is 0. The Labute approximate surface area is 117 Å². The van der Waals surface area contributed by atoms with Crippen LogP contribution in [0.2, 0.25) is 0 Å². The minimum absolute atomic E-state index is 0.971. The van der Waals surface area contributed by atoms with Crippen LogP contribution in [0.25, 0.3) is 0 Å². The number of benzene rings is 1. The van der Waals surface area contributed by atoms with E-state index in [9.17, 15) is 0 Å². The smallest absolute Gasteiger partial charge is 0.0642 e. The molecule has 0 radical (unpaired) electrons. The van der Waals surface area contributed by atoms with Crippen molar-refractivity contribution in [3.63, 3.8) is 0 Å². The van der Waals surface area contributed by atoms with E-state index in [1.54, 1.807) is 0 Å². The molecule has 0 bridgehead atoms. The van der Waals surface area contributed by atoms with E-state index in [2.05, 4.69) is 54.3 Å². The lowest BCUT2D eigenvalue weighted by atomic mass is 10.1. The summed E-state index contributed by atoms with van der Waals surface area (Å²) in [6.07, 6.45) is 3.80. The number of para-hydroxylation sites is 1. The molecule has 0 unspecified atom stereocenters. The molecule has 1 aliphatic rings. The molecule has 0 aliphatic carbocycles. The Balaban J connectivity index is 0.000000861. The van der Waals surface area contributed by atoms with E-state index in [4.69, 9.17) is 0 Å². The van der Waals surface area contributed by atoms with E-state index in [1.165, 1.54) is 5.69 Å². The molecule has 0 atom stereocenters. The number of anilines is 1. The van der Waals surface area contributed by atoms with Gasteiger partial charge in [-0.3, -0.25) is 0 Å². The van der Waals surface area contributed by atoms with Gasteiger partial charge in [0.05, 0.1) is 11.4 Å². The van der Waals surface area contributed by atoms with Crippen LogP contribution in [-0.2, 0) is 0 Å². The standard InChI is InChI=1S/C15H18N2.C2H6/c1-4-14-15(5-2)17(12-11-16(14)3)13-9-7-6-8-10-13;1-2/h4-10H,1-2,11-12H2,3H3;1-2H3.